The number of anilines is 3. The van der Waals surface area contributed by atoms with Gasteiger partial charge in [-0.25, -0.2) is 4.39 Å². The normalized spacial score (nSPS) is 17.8. The molecule has 6 nitrogen and oxygen atoms in total. The van der Waals surface area contributed by atoms with Gasteiger partial charge in [0.15, 0.2) is 5.65 Å². The summed E-state index contributed by atoms with van der Waals surface area (Å²) in [5.41, 5.74) is 1.51. The van der Waals surface area contributed by atoms with Crippen LogP contribution in [0.2, 0.25) is 0 Å². The summed E-state index contributed by atoms with van der Waals surface area (Å²) >= 11 is 0. The number of benzene rings is 1. The molecular weight excluding hydrogens is 307 g/mol. The molecule has 0 radical (unpaired) electrons. The Labute approximate surface area is 139 Å². The molecule has 0 spiro atoms. The molecule has 3 N–H and O–H groups in total. The number of piperidine rings is 1. The van der Waals surface area contributed by atoms with E-state index < -0.39 is 0 Å². The van der Waals surface area contributed by atoms with Gasteiger partial charge in [-0.05, 0) is 55.8 Å². The molecule has 1 saturated heterocycles. The third-order valence-electron chi connectivity index (χ3n) is 4.11. The van der Waals surface area contributed by atoms with E-state index in [1.165, 1.54) is 18.6 Å². The van der Waals surface area contributed by atoms with Crippen molar-refractivity contribution in [3.8, 4) is 0 Å². The minimum absolute atomic E-state index is 0.268. The molecule has 2 aromatic heterocycles. The van der Waals surface area contributed by atoms with Crippen LogP contribution < -0.4 is 16.0 Å². The Hall–Kier alpha value is -2.67. The van der Waals surface area contributed by atoms with Crippen LogP contribution in [0.25, 0.3) is 5.65 Å². The van der Waals surface area contributed by atoms with E-state index in [2.05, 4.69) is 26.0 Å². The molecule has 1 fully saturated rings. The lowest BCUT2D eigenvalue weighted by molar-refractivity contribution is 0.478. The smallest absolute Gasteiger partial charge is 0.247 e. The fourth-order valence-corrected chi connectivity index (χ4v) is 2.91. The number of hydrogen-bond acceptors (Lipinski definition) is 5. The van der Waals surface area contributed by atoms with Gasteiger partial charge in [0.05, 0.1) is 0 Å². The zero-order valence-electron chi connectivity index (χ0n) is 13.2. The molecule has 1 atom stereocenters. The highest BCUT2D eigenvalue weighted by Gasteiger charge is 2.15. The molecule has 7 heteroatoms. The molecule has 0 amide bonds. The first kappa shape index (κ1) is 14.9. The largest absolute Gasteiger partial charge is 0.366 e. The quantitative estimate of drug-likeness (QED) is 0.688. The van der Waals surface area contributed by atoms with Gasteiger partial charge in [0, 0.05) is 18.3 Å². The van der Waals surface area contributed by atoms with Crippen LogP contribution in [0.5, 0.6) is 0 Å². The zero-order valence-corrected chi connectivity index (χ0v) is 13.2. The van der Waals surface area contributed by atoms with Crippen LogP contribution in [0, 0.1) is 5.82 Å². The maximum Gasteiger partial charge on any atom is 0.247 e. The highest BCUT2D eigenvalue weighted by Crippen LogP contribution is 2.18. The number of nitrogens with one attached hydrogen (secondary N) is 3. The number of hydrogen-bond donors (Lipinski definition) is 3. The van der Waals surface area contributed by atoms with E-state index in [4.69, 9.17) is 0 Å². The molecule has 24 heavy (non-hydrogen) atoms. The molecule has 124 valence electrons. The second-order valence-corrected chi connectivity index (χ2v) is 5.94. The Kier molecular flexibility index (Phi) is 4.00. The van der Waals surface area contributed by atoms with E-state index in [0.717, 1.165) is 36.7 Å². The first-order valence-electron chi connectivity index (χ1n) is 8.13. The third-order valence-corrected chi connectivity index (χ3v) is 4.11. The van der Waals surface area contributed by atoms with Gasteiger partial charge in [0.25, 0.3) is 0 Å². The van der Waals surface area contributed by atoms with Crippen LogP contribution in [-0.4, -0.2) is 33.7 Å². The molecule has 0 saturated carbocycles. The highest BCUT2D eigenvalue weighted by molar-refractivity contribution is 5.58. The van der Waals surface area contributed by atoms with Crippen LogP contribution >= 0.6 is 0 Å². The molecule has 0 aliphatic carbocycles. The van der Waals surface area contributed by atoms with E-state index in [9.17, 15) is 4.39 Å². The van der Waals surface area contributed by atoms with Crippen molar-refractivity contribution in [2.45, 2.75) is 18.9 Å². The van der Waals surface area contributed by atoms with Crippen LogP contribution in [0.3, 0.4) is 0 Å². The summed E-state index contributed by atoms with van der Waals surface area (Å²) in [6.07, 6.45) is 2.31. The van der Waals surface area contributed by atoms with Crippen molar-refractivity contribution in [3.63, 3.8) is 0 Å². The maximum atomic E-state index is 13.0. The summed E-state index contributed by atoms with van der Waals surface area (Å²) in [6, 6.07) is 12.4. The van der Waals surface area contributed by atoms with Gasteiger partial charge in [-0.3, -0.25) is 0 Å². The van der Waals surface area contributed by atoms with E-state index >= 15 is 0 Å². The third kappa shape index (κ3) is 3.16. The molecule has 1 aliphatic heterocycles. The molecule has 0 unspecified atom stereocenters. The van der Waals surface area contributed by atoms with Crippen molar-refractivity contribution < 1.29 is 4.39 Å². The van der Waals surface area contributed by atoms with Gasteiger partial charge in [0.1, 0.15) is 11.6 Å². The molecule has 3 heterocycles. The van der Waals surface area contributed by atoms with Crippen LogP contribution in [-0.2, 0) is 0 Å². The minimum atomic E-state index is -0.268. The lowest BCUT2D eigenvalue weighted by atomic mass is 10.1. The Bertz CT molecular complexity index is 823. The number of aromatic nitrogens is 3. The van der Waals surface area contributed by atoms with Gasteiger partial charge in [-0.2, -0.15) is 9.50 Å². The summed E-state index contributed by atoms with van der Waals surface area (Å²) in [4.78, 5) is 4.48. The monoisotopic (exact) mass is 326 g/mol. The Morgan fingerprint density at radius 2 is 2.04 bits per heavy atom. The topological polar surface area (TPSA) is 66.3 Å². The van der Waals surface area contributed by atoms with E-state index in [-0.39, 0.29) is 5.82 Å². The molecule has 4 rings (SSSR count). The van der Waals surface area contributed by atoms with E-state index in [1.54, 1.807) is 16.6 Å². The highest BCUT2D eigenvalue weighted by atomic mass is 19.1. The van der Waals surface area contributed by atoms with Crippen molar-refractivity contribution in [1.82, 2.24) is 19.9 Å². The van der Waals surface area contributed by atoms with Gasteiger partial charge in [0.2, 0.25) is 5.95 Å². The number of fused-ring (bicyclic) bond motifs is 1. The SMILES string of the molecule is Fc1ccc(Nc2nc3cccc(N[C@@H]4CCCNC4)n3n2)cc1. The first-order chi connectivity index (χ1) is 11.8. The average molecular weight is 326 g/mol. The predicted octanol–water partition coefficient (Wildman–Crippen LogP) is 2.78. The van der Waals surface area contributed by atoms with Crippen molar-refractivity contribution in [2.75, 3.05) is 23.7 Å². The predicted molar refractivity (Wildman–Crippen MR) is 92.2 cm³/mol. The maximum absolute atomic E-state index is 13.0. The van der Waals surface area contributed by atoms with Gasteiger partial charge in [-0.15, -0.1) is 5.10 Å². The molecule has 0 bridgehead atoms. The summed E-state index contributed by atoms with van der Waals surface area (Å²) in [5, 5.41) is 14.5. The lowest BCUT2D eigenvalue weighted by Gasteiger charge is -2.24. The number of halogens is 1. The van der Waals surface area contributed by atoms with E-state index in [1.807, 2.05) is 18.2 Å². The minimum Gasteiger partial charge on any atom is -0.366 e. The number of pyridine rings is 1. The summed E-state index contributed by atoms with van der Waals surface area (Å²) in [7, 11) is 0. The number of rotatable bonds is 4. The standard InChI is InChI=1S/C17H19FN6/c18-12-6-8-13(9-7-12)21-17-22-16-5-1-4-15(24(16)23-17)20-14-3-2-10-19-11-14/h1,4-9,14,19-20H,2-3,10-11H2,(H,21,23)/t14-/m1/s1. The van der Waals surface area contributed by atoms with Crippen LogP contribution in [0.15, 0.2) is 42.5 Å². The van der Waals surface area contributed by atoms with E-state index in [0.29, 0.717) is 12.0 Å². The summed E-state index contributed by atoms with van der Waals surface area (Å²) in [5.74, 6) is 1.13. The average Bonchev–Trinajstić information content (AvgIpc) is 3.01. The summed E-state index contributed by atoms with van der Waals surface area (Å²) in [6.45, 7) is 2.03. The van der Waals surface area contributed by atoms with Gasteiger partial charge >= 0.3 is 0 Å². The molecular formula is C17H19FN6. The fraction of sp³-hybridized carbons (Fsp3) is 0.294. The lowest BCUT2D eigenvalue weighted by Crippen LogP contribution is -2.38. The summed E-state index contributed by atoms with van der Waals surface area (Å²) < 4.78 is 14.8. The van der Waals surface area contributed by atoms with Gasteiger partial charge < -0.3 is 16.0 Å². The molecule has 1 aromatic carbocycles. The molecule has 1 aliphatic rings. The van der Waals surface area contributed by atoms with Gasteiger partial charge in [-0.1, -0.05) is 6.07 Å². The van der Waals surface area contributed by atoms with Crippen molar-refractivity contribution in [3.05, 3.63) is 48.3 Å². The fourth-order valence-electron chi connectivity index (χ4n) is 2.91. The van der Waals surface area contributed by atoms with Crippen molar-refractivity contribution >= 4 is 23.1 Å². The Balaban J connectivity index is 1.57. The molecule has 3 aromatic rings. The van der Waals surface area contributed by atoms with Crippen LogP contribution in [0.4, 0.5) is 21.8 Å². The first-order valence-corrected chi connectivity index (χ1v) is 8.13. The van der Waals surface area contributed by atoms with Crippen molar-refractivity contribution in [1.29, 1.82) is 0 Å². The Morgan fingerprint density at radius 1 is 1.17 bits per heavy atom. The van der Waals surface area contributed by atoms with Crippen molar-refractivity contribution in [2.24, 2.45) is 0 Å². The number of nitrogens with zero attached hydrogens (tertiary/aromatic N) is 3. The second kappa shape index (κ2) is 6.45. The van der Waals surface area contributed by atoms with Crippen LogP contribution in [0.1, 0.15) is 12.8 Å². The Morgan fingerprint density at radius 3 is 2.83 bits per heavy atom. The second-order valence-electron chi connectivity index (χ2n) is 5.94. The zero-order chi connectivity index (χ0) is 16.4.